The van der Waals surface area contributed by atoms with Gasteiger partial charge in [0.1, 0.15) is 17.3 Å². The summed E-state index contributed by atoms with van der Waals surface area (Å²) in [5, 5.41) is 2.57. The number of anilines is 1. The van der Waals surface area contributed by atoms with Gasteiger partial charge in [-0.3, -0.25) is 4.79 Å². The van der Waals surface area contributed by atoms with Gasteiger partial charge in [0, 0.05) is 6.20 Å². The van der Waals surface area contributed by atoms with Gasteiger partial charge < -0.3 is 9.73 Å². The third kappa shape index (κ3) is 3.69. The number of rotatable bonds is 5. The second kappa shape index (κ2) is 6.67. The monoisotopic (exact) mass is 342 g/mol. The summed E-state index contributed by atoms with van der Waals surface area (Å²) in [5.74, 6) is -0.188. The van der Waals surface area contributed by atoms with Crippen LogP contribution in [-0.4, -0.2) is 19.3 Å². The number of carbonyl (C=O) groups is 1. The van der Waals surface area contributed by atoms with Crippen molar-refractivity contribution in [2.75, 3.05) is 5.32 Å². The Labute approximate surface area is 139 Å². The molecule has 6 nitrogen and oxygen atoms in total. The SMILES string of the molecule is O=C(Nc1ccccn1)c1ccc(CS(=O)(=O)c2ccccc2)o1. The van der Waals surface area contributed by atoms with Crippen molar-refractivity contribution < 1.29 is 17.6 Å². The molecular weight excluding hydrogens is 328 g/mol. The number of nitrogens with one attached hydrogen (secondary N) is 1. The molecule has 0 spiro atoms. The Morgan fingerprint density at radius 3 is 2.46 bits per heavy atom. The van der Waals surface area contributed by atoms with Crippen molar-refractivity contribution in [1.82, 2.24) is 4.98 Å². The van der Waals surface area contributed by atoms with Gasteiger partial charge >= 0.3 is 0 Å². The summed E-state index contributed by atoms with van der Waals surface area (Å²) in [6.07, 6.45) is 1.55. The van der Waals surface area contributed by atoms with E-state index in [0.717, 1.165) is 0 Å². The van der Waals surface area contributed by atoms with Gasteiger partial charge in [-0.1, -0.05) is 24.3 Å². The molecule has 0 saturated carbocycles. The van der Waals surface area contributed by atoms with Gasteiger partial charge in [-0.15, -0.1) is 0 Å². The first-order chi connectivity index (χ1) is 11.5. The highest BCUT2D eigenvalue weighted by molar-refractivity contribution is 7.90. The standard InChI is InChI=1S/C17H14N2O4S/c20-17(19-16-8-4-5-11-18-16)15-10-9-13(23-15)12-24(21,22)14-6-2-1-3-7-14/h1-11H,12H2,(H,18,19,20). The van der Waals surface area contributed by atoms with Gasteiger partial charge in [-0.25, -0.2) is 13.4 Å². The average molecular weight is 342 g/mol. The number of benzene rings is 1. The van der Waals surface area contributed by atoms with E-state index in [-0.39, 0.29) is 22.2 Å². The van der Waals surface area contributed by atoms with E-state index >= 15 is 0 Å². The van der Waals surface area contributed by atoms with Crippen LogP contribution >= 0.6 is 0 Å². The van der Waals surface area contributed by atoms with Crippen LogP contribution in [0.3, 0.4) is 0 Å². The highest BCUT2D eigenvalue weighted by Gasteiger charge is 2.19. The Hall–Kier alpha value is -2.93. The first-order valence-corrected chi connectivity index (χ1v) is 8.79. The molecular formula is C17H14N2O4S. The summed E-state index contributed by atoms with van der Waals surface area (Å²) in [6.45, 7) is 0. The molecule has 0 bridgehead atoms. The Morgan fingerprint density at radius 1 is 1.00 bits per heavy atom. The van der Waals surface area contributed by atoms with Crippen LogP contribution in [0.1, 0.15) is 16.3 Å². The highest BCUT2D eigenvalue weighted by Crippen LogP contribution is 2.18. The molecule has 24 heavy (non-hydrogen) atoms. The number of carbonyl (C=O) groups excluding carboxylic acids is 1. The lowest BCUT2D eigenvalue weighted by atomic mass is 10.4. The predicted octanol–water partition coefficient (Wildman–Crippen LogP) is 2.90. The lowest BCUT2D eigenvalue weighted by molar-refractivity contribution is 0.0995. The molecule has 0 aliphatic carbocycles. The van der Waals surface area contributed by atoms with Crippen LogP contribution in [0.4, 0.5) is 5.82 Å². The second-order valence-corrected chi connectivity index (χ2v) is 7.00. The molecule has 1 aromatic carbocycles. The van der Waals surface area contributed by atoms with Gasteiger partial charge in [0.05, 0.1) is 4.90 Å². The summed E-state index contributed by atoms with van der Waals surface area (Å²) in [5.41, 5.74) is 0. The number of furan rings is 1. The summed E-state index contributed by atoms with van der Waals surface area (Å²) >= 11 is 0. The van der Waals surface area contributed by atoms with Crippen molar-refractivity contribution in [3.05, 3.63) is 78.4 Å². The quantitative estimate of drug-likeness (QED) is 0.770. The van der Waals surface area contributed by atoms with Crippen molar-refractivity contribution in [3.63, 3.8) is 0 Å². The minimum absolute atomic E-state index is 0.0268. The molecule has 0 aliphatic rings. The van der Waals surface area contributed by atoms with Gasteiger partial charge in [0.15, 0.2) is 15.6 Å². The molecule has 3 aromatic rings. The molecule has 3 rings (SSSR count). The van der Waals surface area contributed by atoms with Crippen molar-refractivity contribution in [2.24, 2.45) is 0 Å². The maximum atomic E-state index is 12.3. The Morgan fingerprint density at radius 2 is 1.75 bits per heavy atom. The maximum absolute atomic E-state index is 12.3. The van der Waals surface area contributed by atoms with E-state index in [1.54, 1.807) is 42.6 Å². The number of hydrogen-bond acceptors (Lipinski definition) is 5. The van der Waals surface area contributed by atoms with E-state index < -0.39 is 15.7 Å². The summed E-state index contributed by atoms with van der Waals surface area (Å²) in [4.78, 5) is 16.3. The molecule has 0 fully saturated rings. The largest absolute Gasteiger partial charge is 0.455 e. The van der Waals surface area contributed by atoms with Crippen molar-refractivity contribution in [1.29, 1.82) is 0 Å². The number of sulfone groups is 1. The zero-order valence-corrected chi connectivity index (χ0v) is 13.4. The third-order valence-electron chi connectivity index (χ3n) is 3.23. The minimum atomic E-state index is -3.52. The lowest BCUT2D eigenvalue weighted by Gasteiger charge is -2.03. The maximum Gasteiger partial charge on any atom is 0.292 e. The van der Waals surface area contributed by atoms with Crippen LogP contribution in [-0.2, 0) is 15.6 Å². The van der Waals surface area contributed by atoms with Gasteiger partial charge in [-0.2, -0.15) is 0 Å². The van der Waals surface area contributed by atoms with Crippen molar-refractivity contribution in [3.8, 4) is 0 Å². The molecule has 1 N–H and O–H groups in total. The zero-order chi connectivity index (χ0) is 17.0. The molecule has 0 atom stereocenters. The van der Waals surface area contributed by atoms with Crippen molar-refractivity contribution >= 4 is 21.6 Å². The number of hydrogen-bond donors (Lipinski definition) is 1. The summed E-state index contributed by atoms with van der Waals surface area (Å²) < 4.78 is 30.0. The molecule has 0 radical (unpaired) electrons. The predicted molar refractivity (Wildman–Crippen MR) is 88.2 cm³/mol. The molecule has 0 saturated heterocycles. The van der Waals surface area contributed by atoms with Gasteiger partial charge in [0.2, 0.25) is 0 Å². The molecule has 7 heteroatoms. The van der Waals surface area contributed by atoms with Crippen LogP contribution in [0.5, 0.6) is 0 Å². The van der Waals surface area contributed by atoms with E-state index in [0.29, 0.717) is 5.82 Å². The summed E-state index contributed by atoms with van der Waals surface area (Å²) in [7, 11) is -3.52. The van der Waals surface area contributed by atoms with E-state index in [2.05, 4.69) is 10.3 Å². The van der Waals surface area contributed by atoms with Gasteiger partial charge in [-0.05, 0) is 36.4 Å². The van der Waals surface area contributed by atoms with E-state index in [1.807, 2.05) is 0 Å². The van der Waals surface area contributed by atoms with Crippen molar-refractivity contribution in [2.45, 2.75) is 10.6 Å². The normalized spacial score (nSPS) is 11.2. The number of amides is 1. The second-order valence-electron chi connectivity index (χ2n) is 5.01. The molecule has 122 valence electrons. The van der Waals surface area contributed by atoms with E-state index in [9.17, 15) is 13.2 Å². The smallest absolute Gasteiger partial charge is 0.292 e. The number of nitrogens with zero attached hydrogens (tertiary/aromatic N) is 1. The molecule has 2 aromatic heterocycles. The molecule has 2 heterocycles. The average Bonchev–Trinajstić information content (AvgIpc) is 3.04. The number of pyridine rings is 1. The molecule has 0 aliphatic heterocycles. The van der Waals surface area contributed by atoms with Crippen LogP contribution in [0.15, 0.2) is 76.2 Å². The fourth-order valence-electron chi connectivity index (χ4n) is 2.09. The highest BCUT2D eigenvalue weighted by atomic mass is 32.2. The Bertz CT molecular complexity index is 935. The summed E-state index contributed by atoms with van der Waals surface area (Å²) in [6, 6.07) is 16.1. The lowest BCUT2D eigenvalue weighted by Crippen LogP contribution is -2.11. The van der Waals surface area contributed by atoms with Crippen LogP contribution in [0, 0.1) is 0 Å². The Kier molecular flexibility index (Phi) is 4.43. The zero-order valence-electron chi connectivity index (χ0n) is 12.5. The topological polar surface area (TPSA) is 89.3 Å². The van der Waals surface area contributed by atoms with Crippen LogP contribution < -0.4 is 5.32 Å². The van der Waals surface area contributed by atoms with Gasteiger partial charge in [0.25, 0.3) is 5.91 Å². The molecule has 1 amide bonds. The number of aromatic nitrogens is 1. The minimum Gasteiger partial charge on any atom is -0.455 e. The first-order valence-electron chi connectivity index (χ1n) is 7.13. The fraction of sp³-hybridized carbons (Fsp3) is 0.0588. The fourth-order valence-corrected chi connectivity index (χ4v) is 3.36. The third-order valence-corrected chi connectivity index (χ3v) is 4.88. The van der Waals surface area contributed by atoms with Crippen LogP contribution in [0.2, 0.25) is 0 Å². The first kappa shape index (κ1) is 15.9. The van der Waals surface area contributed by atoms with E-state index in [1.165, 1.54) is 24.3 Å². The Balaban J connectivity index is 1.73. The van der Waals surface area contributed by atoms with Crippen LogP contribution in [0.25, 0.3) is 0 Å². The molecule has 0 unspecified atom stereocenters. The van der Waals surface area contributed by atoms with E-state index in [4.69, 9.17) is 4.42 Å².